The number of halogens is 1. The van der Waals surface area contributed by atoms with Gasteiger partial charge in [-0.15, -0.1) is 0 Å². The zero-order valence-electron chi connectivity index (χ0n) is 12.0. The van der Waals surface area contributed by atoms with E-state index in [4.69, 9.17) is 4.42 Å². The number of rotatable bonds is 3. The first-order valence-electron chi connectivity index (χ1n) is 7.21. The Hall–Kier alpha value is -1.56. The van der Waals surface area contributed by atoms with Gasteiger partial charge < -0.3 is 9.32 Å². The molecule has 1 aliphatic heterocycles. The third-order valence-corrected chi connectivity index (χ3v) is 4.27. The van der Waals surface area contributed by atoms with Gasteiger partial charge in [-0.2, -0.15) is 5.10 Å². The van der Waals surface area contributed by atoms with Crippen LogP contribution in [0.2, 0.25) is 0 Å². The Balaban J connectivity index is 1.70. The van der Waals surface area contributed by atoms with E-state index in [9.17, 15) is 4.79 Å². The molecule has 0 aliphatic carbocycles. The van der Waals surface area contributed by atoms with E-state index in [1.54, 1.807) is 16.9 Å². The summed E-state index contributed by atoms with van der Waals surface area (Å²) in [7, 11) is 0. The van der Waals surface area contributed by atoms with Gasteiger partial charge in [0.05, 0.1) is 17.2 Å². The molecule has 21 heavy (non-hydrogen) atoms. The van der Waals surface area contributed by atoms with Crippen LogP contribution in [-0.2, 0) is 6.54 Å². The molecule has 2 aromatic heterocycles. The lowest BCUT2D eigenvalue weighted by Gasteiger charge is -2.32. The second-order valence-electron chi connectivity index (χ2n) is 5.47. The number of piperidine rings is 1. The largest absolute Gasteiger partial charge is 0.454 e. The number of amides is 1. The highest BCUT2D eigenvalue weighted by atomic mass is 79.9. The van der Waals surface area contributed by atoms with Gasteiger partial charge in [0, 0.05) is 18.8 Å². The predicted octanol–water partition coefficient (Wildman–Crippen LogP) is 3.30. The highest BCUT2D eigenvalue weighted by Gasteiger charge is 2.26. The van der Waals surface area contributed by atoms with Gasteiger partial charge in [0.25, 0.3) is 5.91 Å². The Bertz CT molecular complexity index is 634. The molecule has 0 saturated carbocycles. The number of hydrogen-bond acceptors (Lipinski definition) is 3. The van der Waals surface area contributed by atoms with Crippen LogP contribution < -0.4 is 0 Å². The van der Waals surface area contributed by atoms with Gasteiger partial charge in [-0.1, -0.05) is 0 Å². The Morgan fingerprint density at radius 1 is 1.48 bits per heavy atom. The minimum atomic E-state index is -0.00454. The molecule has 1 amide bonds. The van der Waals surface area contributed by atoms with Crippen LogP contribution >= 0.6 is 15.9 Å². The van der Waals surface area contributed by atoms with Gasteiger partial charge in [0.15, 0.2) is 5.76 Å². The molecular weight excluding hydrogens is 334 g/mol. The van der Waals surface area contributed by atoms with Crippen molar-refractivity contribution in [3.05, 3.63) is 40.5 Å². The van der Waals surface area contributed by atoms with Gasteiger partial charge in [0.1, 0.15) is 5.76 Å². The minimum Gasteiger partial charge on any atom is -0.454 e. The lowest BCUT2D eigenvalue weighted by Crippen LogP contribution is -2.41. The maximum absolute atomic E-state index is 12.5. The van der Waals surface area contributed by atoms with Crippen molar-refractivity contribution in [3.8, 4) is 0 Å². The molecule has 1 saturated heterocycles. The fourth-order valence-electron chi connectivity index (χ4n) is 2.70. The van der Waals surface area contributed by atoms with Crippen molar-refractivity contribution in [3.63, 3.8) is 0 Å². The number of hydrogen-bond donors (Lipinski definition) is 0. The molecule has 6 heteroatoms. The second kappa shape index (κ2) is 6.05. The molecule has 3 heterocycles. The first-order valence-corrected chi connectivity index (χ1v) is 8.00. The summed E-state index contributed by atoms with van der Waals surface area (Å²) >= 11 is 3.36. The Labute approximate surface area is 132 Å². The summed E-state index contributed by atoms with van der Waals surface area (Å²) in [5.74, 6) is 1.15. The van der Waals surface area contributed by atoms with Crippen molar-refractivity contribution in [1.29, 1.82) is 0 Å². The minimum absolute atomic E-state index is 0.00454. The molecule has 1 aliphatic rings. The predicted molar refractivity (Wildman–Crippen MR) is 82.1 cm³/mol. The summed E-state index contributed by atoms with van der Waals surface area (Å²) < 4.78 is 8.38. The van der Waals surface area contributed by atoms with Crippen LogP contribution in [0.1, 0.15) is 42.5 Å². The van der Waals surface area contributed by atoms with E-state index in [2.05, 4.69) is 28.0 Å². The normalized spacial score (nSPS) is 19.0. The number of likely N-dealkylation sites (tertiary alicyclic amines) is 1. The van der Waals surface area contributed by atoms with Crippen molar-refractivity contribution >= 4 is 21.8 Å². The number of aromatic nitrogens is 2. The van der Waals surface area contributed by atoms with E-state index in [0.717, 1.165) is 29.6 Å². The summed E-state index contributed by atoms with van der Waals surface area (Å²) in [5.41, 5.74) is 0. The van der Waals surface area contributed by atoms with Crippen LogP contribution in [0.25, 0.3) is 0 Å². The first kappa shape index (κ1) is 14.4. The van der Waals surface area contributed by atoms with Crippen LogP contribution in [-0.4, -0.2) is 33.2 Å². The summed E-state index contributed by atoms with van der Waals surface area (Å²) in [6, 6.07) is 3.90. The van der Waals surface area contributed by atoms with E-state index >= 15 is 0 Å². The molecule has 1 atom stereocenters. The molecule has 0 aromatic carbocycles. The molecular formula is C15H18BrN3O2. The van der Waals surface area contributed by atoms with Crippen molar-refractivity contribution in [2.24, 2.45) is 0 Å². The van der Waals surface area contributed by atoms with Crippen LogP contribution in [0, 0.1) is 0 Å². The number of carbonyl (C=O) groups excluding carboxylic acids is 1. The smallest absolute Gasteiger partial charge is 0.289 e. The SMILES string of the molecule is C[C@@H]1CCCCN1C(=O)c1ccc(Cn2cc(Br)cn2)o1. The lowest BCUT2D eigenvalue weighted by molar-refractivity contribution is 0.0601. The average molecular weight is 352 g/mol. The molecule has 2 aromatic rings. The van der Waals surface area contributed by atoms with Gasteiger partial charge in [0.2, 0.25) is 0 Å². The molecule has 0 bridgehead atoms. The Morgan fingerprint density at radius 3 is 3.05 bits per heavy atom. The number of furan rings is 1. The summed E-state index contributed by atoms with van der Waals surface area (Å²) in [4.78, 5) is 14.4. The molecule has 0 spiro atoms. The topological polar surface area (TPSA) is 51.3 Å². The summed E-state index contributed by atoms with van der Waals surface area (Å²) in [6.07, 6.45) is 6.94. The van der Waals surface area contributed by atoms with E-state index in [-0.39, 0.29) is 5.91 Å². The first-order chi connectivity index (χ1) is 10.1. The highest BCUT2D eigenvalue weighted by Crippen LogP contribution is 2.20. The Morgan fingerprint density at radius 2 is 2.33 bits per heavy atom. The van der Waals surface area contributed by atoms with Gasteiger partial charge in [-0.25, -0.2) is 0 Å². The van der Waals surface area contributed by atoms with E-state index in [1.165, 1.54) is 6.42 Å². The fraction of sp³-hybridized carbons (Fsp3) is 0.467. The van der Waals surface area contributed by atoms with Crippen LogP contribution in [0.15, 0.2) is 33.4 Å². The third-order valence-electron chi connectivity index (χ3n) is 3.86. The molecule has 0 radical (unpaired) electrons. The number of carbonyl (C=O) groups is 1. The summed E-state index contributed by atoms with van der Waals surface area (Å²) in [5, 5.41) is 4.18. The standard InChI is InChI=1S/C15H18BrN3O2/c1-11-4-2-3-7-19(11)15(20)14-6-5-13(21-14)10-18-9-12(16)8-17-18/h5-6,8-9,11H,2-4,7,10H2,1H3/t11-/m1/s1. The maximum Gasteiger partial charge on any atom is 0.289 e. The zero-order valence-corrected chi connectivity index (χ0v) is 13.5. The molecule has 0 N–H and O–H groups in total. The molecule has 0 unspecified atom stereocenters. The monoisotopic (exact) mass is 351 g/mol. The van der Waals surface area contributed by atoms with Gasteiger partial charge in [-0.3, -0.25) is 9.48 Å². The second-order valence-corrected chi connectivity index (χ2v) is 6.38. The number of nitrogens with zero attached hydrogens (tertiary/aromatic N) is 3. The van der Waals surface area contributed by atoms with Crippen LogP contribution in [0.3, 0.4) is 0 Å². The molecule has 1 fully saturated rings. The van der Waals surface area contributed by atoms with Gasteiger partial charge in [-0.05, 0) is 54.2 Å². The van der Waals surface area contributed by atoms with Crippen LogP contribution in [0.4, 0.5) is 0 Å². The lowest BCUT2D eigenvalue weighted by atomic mass is 10.0. The zero-order chi connectivity index (χ0) is 14.8. The third kappa shape index (κ3) is 3.20. The van der Waals surface area contributed by atoms with E-state index in [0.29, 0.717) is 18.3 Å². The quantitative estimate of drug-likeness (QED) is 0.852. The molecule has 5 nitrogen and oxygen atoms in total. The maximum atomic E-state index is 12.5. The average Bonchev–Trinajstić information content (AvgIpc) is 3.08. The van der Waals surface area contributed by atoms with Crippen molar-refractivity contribution in [1.82, 2.24) is 14.7 Å². The highest BCUT2D eigenvalue weighted by molar-refractivity contribution is 9.10. The summed E-state index contributed by atoms with van der Waals surface area (Å²) in [6.45, 7) is 3.44. The van der Waals surface area contributed by atoms with Gasteiger partial charge >= 0.3 is 0 Å². The fourth-order valence-corrected chi connectivity index (χ4v) is 3.03. The van der Waals surface area contributed by atoms with Crippen LogP contribution in [0.5, 0.6) is 0 Å². The molecule has 3 rings (SSSR count). The van der Waals surface area contributed by atoms with E-state index < -0.39 is 0 Å². The van der Waals surface area contributed by atoms with E-state index in [1.807, 2.05) is 17.2 Å². The molecule has 112 valence electrons. The Kier molecular flexibility index (Phi) is 4.14. The van der Waals surface area contributed by atoms with Crippen molar-refractivity contribution < 1.29 is 9.21 Å². The van der Waals surface area contributed by atoms with Crippen molar-refractivity contribution in [2.75, 3.05) is 6.54 Å². The van der Waals surface area contributed by atoms with Crippen molar-refractivity contribution in [2.45, 2.75) is 38.8 Å².